The molecular weight excluding hydrogens is 280 g/mol. The van der Waals surface area contributed by atoms with Crippen LogP contribution in [0.5, 0.6) is 5.75 Å². The molecule has 0 aliphatic heterocycles. The van der Waals surface area contributed by atoms with Crippen LogP contribution in [0.3, 0.4) is 0 Å². The van der Waals surface area contributed by atoms with Crippen LogP contribution in [-0.2, 0) is 11.3 Å². The maximum atomic E-state index is 13.4. The smallest absolute Gasteiger partial charge is 0.342 e. The topological polar surface area (TPSA) is 61.5 Å². The van der Waals surface area contributed by atoms with E-state index in [1.54, 1.807) is 6.07 Å². The zero-order valence-electron chi connectivity index (χ0n) is 11.2. The molecule has 6 heteroatoms. The molecule has 0 saturated carbocycles. The first-order chi connectivity index (χ1) is 10.0. The van der Waals surface area contributed by atoms with Gasteiger partial charge < -0.3 is 15.2 Å². The minimum atomic E-state index is -0.776. The largest absolute Gasteiger partial charge is 0.496 e. The molecule has 0 atom stereocenters. The van der Waals surface area contributed by atoms with Crippen molar-refractivity contribution in [3.8, 4) is 5.75 Å². The summed E-state index contributed by atoms with van der Waals surface area (Å²) < 4.78 is 36.8. The van der Waals surface area contributed by atoms with Crippen molar-refractivity contribution < 1.29 is 23.0 Å². The molecule has 4 nitrogen and oxygen atoms in total. The van der Waals surface area contributed by atoms with E-state index in [1.165, 1.54) is 25.3 Å². The van der Waals surface area contributed by atoms with Gasteiger partial charge in [-0.05, 0) is 30.3 Å². The third kappa shape index (κ3) is 3.28. The monoisotopic (exact) mass is 293 g/mol. The maximum Gasteiger partial charge on any atom is 0.342 e. The SMILES string of the molecule is COc1ccc(N)cc1C(=O)OCc1c(F)cccc1F. The van der Waals surface area contributed by atoms with Crippen LogP contribution in [-0.4, -0.2) is 13.1 Å². The van der Waals surface area contributed by atoms with Crippen molar-refractivity contribution in [1.29, 1.82) is 0 Å². The lowest BCUT2D eigenvalue weighted by atomic mass is 10.1. The number of ether oxygens (including phenoxy) is 2. The molecular formula is C15H13F2NO3. The van der Waals surface area contributed by atoms with E-state index in [4.69, 9.17) is 15.2 Å². The second-order valence-electron chi connectivity index (χ2n) is 4.24. The number of methoxy groups -OCH3 is 1. The summed E-state index contributed by atoms with van der Waals surface area (Å²) in [6.07, 6.45) is 0. The Kier molecular flexibility index (Phi) is 4.37. The van der Waals surface area contributed by atoms with Crippen LogP contribution in [0.25, 0.3) is 0 Å². The number of carbonyl (C=O) groups excluding carboxylic acids is 1. The molecule has 0 aromatic heterocycles. The lowest BCUT2D eigenvalue weighted by Crippen LogP contribution is -2.09. The summed E-state index contributed by atoms with van der Waals surface area (Å²) in [5.74, 6) is -2.06. The second-order valence-corrected chi connectivity index (χ2v) is 4.24. The quantitative estimate of drug-likeness (QED) is 0.695. The third-order valence-corrected chi connectivity index (χ3v) is 2.85. The van der Waals surface area contributed by atoms with E-state index >= 15 is 0 Å². The minimum Gasteiger partial charge on any atom is -0.496 e. The van der Waals surface area contributed by atoms with Crippen molar-refractivity contribution in [3.05, 3.63) is 59.2 Å². The Morgan fingerprint density at radius 1 is 1.19 bits per heavy atom. The first kappa shape index (κ1) is 14.8. The van der Waals surface area contributed by atoms with Crippen LogP contribution in [0.2, 0.25) is 0 Å². The van der Waals surface area contributed by atoms with E-state index in [0.29, 0.717) is 5.69 Å². The normalized spacial score (nSPS) is 10.2. The maximum absolute atomic E-state index is 13.4. The highest BCUT2D eigenvalue weighted by Gasteiger charge is 2.16. The van der Waals surface area contributed by atoms with Gasteiger partial charge in [-0.3, -0.25) is 0 Å². The Bertz CT molecular complexity index is 654. The fraction of sp³-hybridized carbons (Fsp3) is 0.133. The molecule has 21 heavy (non-hydrogen) atoms. The number of hydrogen-bond acceptors (Lipinski definition) is 4. The minimum absolute atomic E-state index is 0.0919. The van der Waals surface area contributed by atoms with E-state index < -0.39 is 24.2 Å². The fourth-order valence-corrected chi connectivity index (χ4v) is 1.77. The molecule has 0 amide bonds. The molecule has 2 aromatic carbocycles. The van der Waals surface area contributed by atoms with E-state index in [9.17, 15) is 13.6 Å². The number of halogens is 2. The fourth-order valence-electron chi connectivity index (χ4n) is 1.77. The van der Waals surface area contributed by atoms with Crippen LogP contribution >= 0.6 is 0 Å². The number of hydrogen-bond donors (Lipinski definition) is 1. The van der Waals surface area contributed by atoms with E-state index in [0.717, 1.165) is 12.1 Å². The Morgan fingerprint density at radius 3 is 2.48 bits per heavy atom. The summed E-state index contributed by atoms with van der Waals surface area (Å²) in [6.45, 7) is -0.519. The zero-order valence-corrected chi connectivity index (χ0v) is 11.2. The van der Waals surface area contributed by atoms with Crippen molar-refractivity contribution >= 4 is 11.7 Å². The van der Waals surface area contributed by atoms with Gasteiger partial charge in [-0.1, -0.05) is 6.07 Å². The van der Waals surface area contributed by atoms with Crippen molar-refractivity contribution in [2.75, 3.05) is 12.8 Å². The summed E-state index contributed by atoms with van der Waals surface area (Å²) in [5.41, 5.74) is 5.72. The summed E-state index contributed by atoms with van der Waals surface area (Å²) in [6, 6.07) is 7.86. The molecule has 0 spiro atoms. The highest BCUT2D eigenvalue weighted by molar-refractivity contribution is 5.93. The molecule has 110 valence electrons. The average molecular weight is 293 g/mol. The van der Waals surface area contributed by atoms with Crippen molar-refractivity contribution in [2.24, 2.45) is 0 Å². The van der Waals surface area contributed by atoms with Gasteiger partial charge in [0.05, 0.1) is 12.7 Å². The van der Waals surface area contributed by atoms with Gasteiger partial charge in [-0.15, -0.1) is 0 Å². The van der Waals surface area contributed by atoms with Crippen LogP contribution in [0.15, 0.2) is 36.4 Å². The first-order valence-electron chi connectivity index (χ1n) is 6.06. The van der Waals surface area contributed by atoms with E-state index in [1.807, 2.05) is 0 Å². The standard InChI is InChI=1S/C15H13F2NO3/c1-20-14-6-5-9(18)7-10(14)15(19)21-8-11-12(16)3-2-4-13(11)17/h2-7H,8,18H2,1H3. The summed E-state index contributed by atoms with van der Waals surface area (Å²) in [4.78, 5) is 12.0. The van der Waals surface area contributed by atoms with E-state index in [-0.39, 0.29) is 16.9 Å². The molecule has 2 N–H and O–H groups in total. The van der Waals surface area contributed by atoms with Gasteiger partial charge in [0.1, 0.15) is 29.6 Å². The number of benzene rings is 2. The van der Waals surface area contributed by atoms with Gasteiger partial charge in [-0.2, -0.15) is 0 Å². The molecule has 0 aliphatic carbocycles. The number of esters is 1. The lowest BCUT2D eigenvalue weighted by Gasteiger charge is -2.10. The number of carbonyl (C=O) groups is 1. The average Bonchev–Trinajstić information content (AvgIpc) is 2.46. The molecule has 0 fully saturated rings. The van der Waals surface area contributed by atoms with Gasteiger partial charge >= 0.3 is 5.97 Å². The first-order valence-corrected chi connectivity index (χ1v) is 6.06. The summed E-state index contributed by atoms with van der Waals surface area (Å²) >= 11 is 0. The van der Waals surface area contributed by atoms with Crippen molar-refractivity contribution in [1.82, 2.24) is 0 Å². The number of nitrogens with two attached hydrogens (primary N) is 1. The molecule has 0 aliphatic rings. The van der Waals surface area contributed by atoms with Crippen LogP contribution in [0.1, 0.15) is 15.9 Å². The number of rotatable bonds is 4. The highest BCUT2D eigenvalue weighted by atomic mass is 19.1. The van der Waals surface area contributed by atoms with Crippen molar-refractivity contribution in [2.45, 2.75) is 6.61 Å². The molecule has 0 unspecified atom stereocenters. The predicted octanol–water partition coefficient (Wildman–Crippen LogP) is 2.91. The number of anilines is 1. The Hall–Kier alpha value is -2.63. The molecule has 2 aromatic rings. The summed E-state index contributed by atoms with van der Waals surface area (Å²) in [7, 11) is 1.39. The Morgan fingerprint density at radius 2 is 1.86 bits per heavy atom. The zero-order chi connectivity index (χ0) is 15.4. The molecule has 2 rings (SSSR count). The predicted molar refractivity (Wildman–Crippen MR) is 72.9 cm³/mol. The van der Waals surface area contributed by atoms with Gasteiger partial charge in [0.15, 0.2) is 0 Å². The Balaban J connectivity index is 2.17. The van der Waals surface area contributed by atoms with Crippen molar-refractivity contribution in [3.63, 3.8) is 0 Å². The van der Waals surface area contributed by atoms with Crippen LogP contribution in [0.4, 0.5) is 14.5 Å². The van der Waals surface area contributed by atoms with Crippen LogP contribution in [0, 0.1) is 11.6 Å². The number of nitrogen functional groups attached to an aromatic ring is 1. The Labute approximate surface area is 120 Å². The van der Waals surface area contributed by atoms with Gasteiger partial charge in [0.2, 0.25) is 0 Å². The summed E-state index contributed by atoms with van der Waals surface area (Å²) in [5, 5.41) is 0. The van der Waals surface area contributed by atoms with Gasteiger partial charge in [-0.25, -0.2) is 13.6 Å². The van der Waals surface area contributed by atoms with E-state index in [2.05, 4.69) is 0 Å². The highest BCUT2D eigenvalue weighted by Crippen LogP contribution is 2.23. The molecule has 0 radical (unpaired) electrons. The lowest BCUT2D eigenvalue weighted by molar-refractivity contribution is 0.0461. The van der Waals surface area contributed by atoms with Gasteiger partial charge in [0, 0.05) is 5.69 Å². The molecule has 0 saturated heterocycles. The molecule has 0 bridgehead atoms. The molecule has 0 heterocycles. The van der Waals surface area contributed by atoms with Crippen LogP contribution < -0.4 is 10.5 Å². The third-order valence-electron chi connectivity index (χ3n) is 2.85. The van der Waals surface area contributed by atoms with Gasteiger partial charge in [0.25, 0.3) is 0 Å². The second kappa shape index (κ2) is 6.21.